The van der Waals surface area contributed by atoms with E-state index in [0.717, 1.165) is 26.4 Å². The number of hydrogen-bond acceptors (Lipinski definition) is 3. The summed E-state index contributed by atoms with van der Waals surface area (Å²) < 4.78 is 5.91. The molecule has 0 aliphatic rings. The lowest BCUT2D eigenvalue weighted by Gasteiger charge is -2.17. The first kappa shape index (κ1) is 15.0. The zero-order chi connectivity index (χ0) is 14.9. The van der Waals surface area contributed by atoms with Gasteiger partial charge < -0.3 is 9.84 Å². The Morgan fingerprint density at radius 1 is 1.35 bits per heavy atom. The van der Waals surface area contributed by atoms with Crippen LogP contribution in [0.15, 0.2) is 28.7 Å². The van der Waals surface area contributed by atoms with Gasteiger partial charge in [0, 0.05) is 4.47 Å². The van der Waals surface area contributed by atoms with Crippen molar-refractivity contribution in [1.29, 1.82) is 0 Å². The summed E-state index contributed by atoms with van der Waals surface area (Å²) in [5.41, 5.74) is 2.43. The van der Waals surface area contributed by atoms with Crippen molar-refractivity contribution in [2.24, 2.45) is 0 Å². The van der Waals surface area contributed by atoms with E-state index in [4.69, 9.17) is 4.74 Å². The maximum Gasteiger partial charge on any atom is 0.339 e. The molecule has 0 aliphatic heterocycles. The molecule has 2 aromatic rings. The lowest BCUT2D eigenvalue weighted by molar-refractivity contribution is -0.153. The minimum Gasteiger partial charge on any atom is -0.464 e. The average Bonchev–Trinajstić information content (AvgIpc) is 2.38. The van der Waals surface area contributed by atoms with Crippen LogP contribution in [0.4, 0.5) is 0 Å². The standard InChI is InChI=1S/C16H17BrO3/c1-4-20-16(19)15(18)14-9(2)7-11-8-12(17)5-6-13(11)10(14)3/h5-8,15,18H,4H2,1-3H3. The van der Waals surface area contributed by atoms with Gasteiger partial charge in [0.05, 0.1) is 6.61 Å². The van der Waals surface area contributed by atoms with Crippen LogP contribution in [0.1, 0.15) is 29.7 Å². The quantitative estimate of drug-likeness (QED) is 0.867. The molecule has 1 unspecified atom stereocenters. The molecule has 0 bridgehead atoms. The Labute approximate surface area is 126 Å². The van der Waals surface area contributed by atoms with Crippen molar-refractivity contribution in [3.05, 3.63) is 45.4 Å². The summed E-state index contributed by atoms with van der Waals surface area (Å²) in [5.74, 6) is -0.602. The second-order valence-corrected chi connectivity index (χ2v) is 5.67. The summed E-state index contributed by atoms with van der Waals surface area (Å²) >= 11 is 3.45. The molecule has 0 radical (unpaired) electrons. The normalized spacial score (nSPS) is 12.4. The molecule has 1 N–H and O–H groups in total. The molecular formula is C16H17BrO3. The van der Waals surface area contributed by atoms with Gasteiger partial charge in [-0.15, -0.1) is 0 Å². The number of fused-ring (bicyclic) bond motifs is 1. The van der Waals surface area contributed by atoms with Crippen LogP contribution in [0.5, 0.6) is 0 Å². The number of carbonyl (C=O) groups excluding carboxylic acids is 1. The summed E-state index contributed by atoms with van der Waals surface area (Å²) in [4.78, 5) is 11.8. The van der Waals surface area contributed by atoms with Gasteiger partial charge in [0.1, 0.15) is 0 Å². The van der Waals surface area contributed by atoms with Crippen LogP contribution in [0.2, 0.25) is 0 Å². The van der Waals surface area contributed by atoms with Gasteiger partial charge in [-0.2, -0.15) is 0 Å². The zero-order valence-electron chi connectivity index (χ0n) is 11.7. The van der Waals surface area contributed by atoms with Gasteiger partial charge >= 0.3 is 5.97 Å². The van der Waals surface area contributed by atoms with Crippen molar-refractivity contribution in [2.45, 2.75) is 26.9 Å². The molecule has 0 aromatic heterocycles. The second kappa shape index (κ2) is 5.94. The van der Waals surface area contributed by atoms with Crippen molar-refractivity contribution in [3.8, 4) is 0 Å². The fraction of sp³-hybridized carbons (Fsp3) is 0.312. The smallest absolute Gasteiger partial charge is 0.339 e. The molecule has 3 nitrogen and oxygen atoms in total. The van der Waals surface area contributed by atoms with Crippen LogP contribution in [0, 0.1) is 13.8 Å². The van der Waals surface area contributed by atoms with Gasteiger partial charge in [0.25, 0.3) is 0 Å². The Hall–Kier alpha value is -1.39. The number of hydrogen-bond donors (Lipinski definition) is 1. The predicted molar refractivity (Wildman–Crippen MR) is 82.7 cm³/mol. The van der Waals surface area contributed by atoms with Gasteiger partial charge in [-0.25, -0.2) is 4.79 Å². The van der Waals surface area contributed by atoms with E-state index >= 15 is 0 Å². The van der Waals surface area contributed by atoms with Gasteiger partial charge in [0.2, 0.25) is 0 Å². The Morgan fingerprint density at radius 3 is 2.70 bits per heavy atom. The number of aryl methyl sites for hydroxylation is 2. The minimum atomic E-state index is -1.23. The number of halogens is 1. The van der Waals surface area contributed by atoms with Gasteiger partial charge in [-0.05, 0) is 60.4 Å². The summed E-state index contributed by atoms with van der Waals surface area (Å²) in [6.07, 6.45) is -1.23. The van der Waals surface area contributed by atoms with Gasteiger partial charge in [-0.1, -0.05) is 28.1 Å². The summed E-state index contributed by atoms with van der Waals surface area (Å²) in [5, 5.41) is 12.3. The highest BCUT2D eigenvalue weighted by molar-refractivity contribution is 9.10. The molecule has 0 heterocycles. The van der Waals surface area contributed by atoms with Crippen molar-refractivity contribution in [1.82, 2.24) is 0 Å². The van der Waals surface area contributed by atoms with Crippen molar-refractivity contribution in [2.75, 3.05) is 6.61 Å². The largest absolute Gasteiger partial charge is 0.464 e. The molecule has 0 spiro atoms. The lowest BCUT2D eigenvalue weighted by atomic mass is 9.92. The van der Waals surface area contributed by atoms with Crippen LogP contribution < -0.4 is 0 Å². The molecule has 20 heavy (non-hydrogen) atoms. The number of aliphatic hydroxyl groups is 1. The minimum absolute atomic E-state index is 0.258. The number of aliphatic hydroxyl groups excluding tert-OH is 1. The van der Waals surface area contributed by atoms with Gasteiger partial charge in [0.15, 0.2) is 6.10 Å². The van der Waals surface area contributed by atoms with E-state index in [2.05, 4.69) is 15.9 Å². The monoisotopic (exact) mass is 336 g/mol. The van der Waals surface area contributed by atoms with E-state index in [1.807, 2.05) is 38.1 Å². The van der Waals surface area contributed by atoms with Gasteiger partial charge in [-0.3, -0.25) is 0 Å². The molecule has 0 amide bonds. The molecule has 2 aromatic carbocycles. The first-order chi connectivity index (χ1) is 9.45. The number of carbonyl (C=O) groups is 1. The highest BCUT2D eigenvalue weighted by atomic mass is 79.9. The van der Waals surface area contributed by atoms with E-state index in [0.29, 0.717) is 5.56 Å². The number of benzene rings is 2. The molecule has 0 saturated carbocycles. The summed E-state index contributed by atoms with van der Waals surface area (Å²) in [6, 6.07) is 7.93. The third-order valence-corrected chi connectivity index (χ3v) is 3.90. The van der Waals surface area contributed by atoms with E-state index in [1.165, 1.54) is 0 Å². The van der Waals surface area contributed by atoms with Crippen molar-refractivity contribution >= 4 is 32.7 Å². The number of ether oxygens (including phenoxy) is 1. The van der Waals surface area contributed by atoms with E-state index in [9.17, 15) is 9.90 Å². The maximum atomic E-state index is 11.8. The van der Waals surface area contributed by atoms with Crippen molar-refractivity contribution in [3.63, 3.8) is 0 Å². The maximum absolute atomic E-state index is 11.8. The van der Waals surface area contributed by atoms with Crippen LogP contribution in [0.3, 0.4) is 0 Å². The molecule has 2 rings (SSSR count). The van der Waals surface area contributed by atoms with E-state index in [-0.39, 0.29) is 6.61 Å². The molecule has 1 atom stereocenters. The number of rotatable bonds is 3. The first-order valence-electron chi connectivity index (χ1n) is 6.49. The zero-order valence-corrected chi connectivity index (χ0v) is 13.3. The fourth-order valence-electron chi connectivity index (χ4n) is 2.51. The molecule has 4 heteroatoms. The van der Waals surface area contributed by atoms with E-state index in [1.54, 1.807) is 6.92 Å². The molecular weight excluding hydrogens is 320 g/mol. The van der Waals surface area contributed by atoms with Crippen LogP contribution >= 0.6 is 15.9 Å². The molecule has 0 aliphatic carbocycles. The number of esters is 1. The van der Waals surface area contributed by atoms with Crippen LogP contribution in [-0.4, -0.2) is 17.7 Å². The SMILES string of the molecule is CCOC(=O)C(O)c1c(C)cc2cc(Br)ccc2c1C. The topological polar surface area (TPSA) is 46.5 Å². The highest BCUT2D eigenvalue weighted by Gasteiger charge is 2.23. The molecule has 106 valence electrons. The third kappa shape index (κ3) is 2.72. The van der Waals surface area contributed by atoms with Crippen molar-refractivity contribution < 1.29 is 14.6 Å². The molecule has 0 saturated heterocycles. The average molecular weight is 337 g/mol. The summed E-state index contributed by atoms with van der Waals surface area (Å²) in [7, 11) is 0. The van der Waals surface area contributed by atoms with Crippen LogP contribution in [0.25, 0.3) is 10.8 Å². The lowest BCUT2D eigenvalue weighted by Crippen LogP contribution is -2.17. The fourth-order valence-corrected chi connectivity index (χ4v) is 2.88. The predicted octanol–water partition coefficient (Wildman–Crippen LogP) is 3.82. The second-order valence-electron chi connectivity index (χ2n) is 4.75. The Morgan fingerprint density at radius 2 is 2.05 bits per heavy atom. The summed E-state index contributed by atoms with van der Waals surface area (Å²) in [6.45, 7) is 5.79. The first-order valence-corrected chi connectivity index (χ1v) is 7.29. The third-order valence-electron chi connectivity index (χ3n) is 3.40. The highest BCUT2D eigenvalue weighted by Crippen LogP contribution is 2.31. The Kier molecular flexibility index (Phi) is 4.45. The van der Waals surface area contributed by atoms with E-state index < -0.39 is 12.1 Å². The molecule has 0 fully saturated rings. The Balaban J connectivity index is 2.59. The Bertz CT molecular complexity index is 664. The van der Waals surface area contributed by atoms with Crippen LogP contribution in [-0.2, 0) is 9.53 Å².